The van der Waals surface area contributed by atoms with Gasteiger partial charge in [0.1, 0.15) is 11.6 Å². The highest BCUT2D eigenvalue weighted by Gasteiger charge is 2.21. The average molecular weight is 392 g/mol. The zero-order valence-electron chi connectivity index (χ0n) is 15.5. The Bertz CT molecular complexity index is 779. The van der Waals surface area contributed by atoms with Crippen molar-refractivity contribution in [2.75, 3.05) is 11.9 Å². The highest BCUT2D eigenvalue weighted by molar-refractivity contribution is 5.95. The molecule has 2 aromatic rings. The minimum absolute atomic E-state index is 0. The standard InChI is InChI=1S/C20H25N3O3.ClH/c1-3-11-26-17-10-7-15(12-13(17)4-2)18(20(24)25)23-16-8-5-14(6-9-16)19(21)22;/h5-10,12,18,23H,3-4,11H2,1-2H3,(H3,21,22)(H,24,25);1H. The number of nitrogens with one attached hydrogen (secondary N) is 2. The number of nitrogens with two attached hydrogens (primary N) is 1. The summed E-state index contributed by atoms with van der Waals surface area (Å²) < 4.78 is 5.73. The summed E-state index contributed by atoms with van der Waals surface area (Å²) in [6, 6.07) is 11.4. The SMILES string of the molecule is CCCOc1ccc(C(Nc2ccc(C(=N)N)cc2)C(=O)O)cc1CC.Cl. The smallest absolute Gasteiger partial charge is 0.330 e. The van der Waals surface area contributed by atoms with E-state index in [1.807, 2.05) is 26.0 Å². The molecule has 0 fully saturated rings. The summed E-state index contributed by atoms with van der Waals surface area (Å²) in [4.78, 5) is 11.8. The van der Waals surface area contributed by atoms with E-state index in [9.17, 15) is 9.90 Å². The maximum absolute atomic E-state index is 11.8. The quantitative estimate of drug-likeness (QED) is 0.382. The second-order valence-electron chi connectivity index (χ2n) is 5.98. The molecular formula is C20H26ClN3O3. The van der Waals surface area contributed by atoms with Gasteiger partial charge >= 0.3 is 5.97 Å². The van der Waals surface area contributed by atoms with E-state index in [1.54, 1.807) is 30.3 Å². The third-order valence-corrected chi connectivity index (χ3v) is 4.01. The molecule has 0 spiro atoms. The maximum Gasteiger partial charge on any atom is 0.330 e. The number of benzene rings is 2. The molecule has 6 nitrogen and oxygen atoms in total. The highest BCUT2D eigenvalue weighted by atomic mass is 35.5. The van der Waals surface area contributed by atoms with Gasteiger partial charge in [-0.15, -0.1) is 12.4 Å². The predicted octanol–water partition coefficient (Wildman–Crippen LogP) is 3.98. The van der Waals surface area contributed by atoms with Gasteiger partial charge in [0.25, 0.3) is 0 Å². The Hall–Kier alpha value is -2.73. The topological polar surface area (TPSA) is 108 Å². The third-order valence-electron chi connectivity index (χ3n) is 4.01. The Morgan fingerprint density at radius 3 is 2.41 bits per heavy atom. The lowest BCUT2D eigenvalue weighted by atomic mass is 10.0. The van der Waals surface area contributed by atoms with Crippen molar-refractivity contribution in [3.63, 3.8) is 0 Å². The van der Waals surface area contributed by atoms with Gasteiger partial charge in [-0.05, 0) is 60.4 Å². The molecule has 27 heavy (non-hydrogen) atoms. The normalized spacial score (nSPS) is 11.2. The first kappa shape index (κ1) is 22.3. The molecule has 0 saturated carbocycles. The van der Waals surface area contributed by atoms with E-state index < -0.39 is 12.0 Å². The predicted molar refractivity (Wildman–Crippen MR) is 110 cm³/mol. The van der Waals surface area contributed by atoms with E-state index >= 15 is 0 Å². The lowest BCUT2D eigenvalue weighted by molar-refractivity contribution is -0.138. The minimum atomic E-state index is -0.968. The molecule has 146 valence electrons. The van der Waals surface area contributed by atoms with Crippen LogP contribution in [0.4, 0.5) is 5.69 Å². The molecule has 0 heterocycles. The first-order valence-corrected chi connectivity index (χ1v) is 8.65. The monoisotopic (exact) mass is 391 g/mol. The van der Waals surface area contributed by atoms with Crippen LogP contribution in [0, 0.1) is 5.41 Å². The first-order valence-electron chi connectivity index (χ1n) is 8.65. The maximum atomic E-state index is 11.8. The van der Waals surface area contributed by atoms with Crippen LogP contribution >= 0.6 is 12.4 Å². The molecule has 0 aliphatic carbocycles. The summed E-state index contributed by atoms with van der Waals surface area (Å²) in [6.07, 6.45) is 1.67. The second kappa shape index (κ2) is 10.4. The Labute approximate surface area is 165 Å². The number of anilines is 1. The van der Waals surface area contributed by atoms with Crippen LogP contribution in [0.2, 0.25) is 0 Å². The molecule has 0 aliphatic rings. The second-order valence-corrected chi connectivity index (χ2v) is 5.98. The Morgan fingerprint density at radius 2 is 1.89 bits per heavy atom. The number of hydrogen-bond donors (Lipinski definition) is 4. The molecule has 5 N–H and O–H groups in total. The molecule has 0 aromatic heterocycles. The Morgan fingerprint density at radius 1 is 1.22 bits per heavy atom. The van der Waals surface area contributed by atoms with Crippen molar-refractivity contribution in [3.05, 3.63) is 59.2 Å². The summed E-state index contributed by atoms with van der Waals surface area (Å²) in [5, 5.41) is 20.1. The van der Waals surface area contributed by atoms with Crippen LogP contribution in [0.3, 0.4) is 0 Å². The molecule has 2 aromatic carbocycles. The Kier molecular flexibility index (Phi) is 8.62. The zero-order valence-corrected chi connectivity index (χ0v) is 16.3. The number of carbonyl (C=O) groups is 1. The number of aliphatic carboxylic acids is 1. The summed E-state index contributed by atoms with van der Waals surface area (Å²) in [6.45, 7) is 4.69. The molecule has 1 atom stereocenters. The molecule has 0 bridgehead atoms. The van der Waals surface area contributed by atoms with Crippen molar-refractivity contribution in [1.82, 2.24) is 0 Å². The van der Waals surface area contributed by atoms with Gasteiger partial charge < -0.3 is 20.9 Å². The van der Waals surface area contributed by atoms with Crippen LogP contribution < -0.4 is 15.8 Å². The van der Waals surface area contributed by atoms with Gasteiger partial charge in [0.05, 0.1) is 6.61 Å². The molecule has 0 radical (unpaired) electrons. The molecule has 0 saturated heterocycles. The fourth-order valence-corrected chi connectivity index (χ4v) is 2.61. The number of nitrogen functional groups attached to an aromatic ring is 1. The number of aryl methyl sites for hydroxylation is 1. The van der Waals surface area contributed by atoms with E-state index in [0.717, 1.165) is 24.2 Å². The number of carboxylic acids is 1. The fourth-order valence-electron chi connectivity index (χ4n) is 2.61. The summed E-state index contributed by atoms with van der Waals surface area (Å²) >= 11 is 0. The molecule has 7 heteroatoms. The van der Waals surface area contributed by atoms with E-state index in [-0.39, 0.29) is 18.2 Å². The number of rotatable bonds is 9. The van der Waals surface area contributed by atoms with Crippen LogP contribution in [0.25, 0.3) is 0 Å². The molecular weight excluding hydrogens is 366 g/mol. The van der Waals surface area contributed by atoms with Crippen molar-refractivity contribution < 1.29 is 14.6 Å². The van der Waals surface area contributed by atoms with E-state index in [0.29, 0.717) is 23.4 Å². The molecule has 1 unspecified atom stereocenters. The average Bonchev–Trinajstić information content (AvgIpc) is 2.64. The van der Waals surface area contributed by atoms with Gasteiger partial charge in [0.15, 0.2) is 6.04 Å². The van der Waals surface area contributed by atoms with Gasteiger partial charge in [-0.25, -0.2) is 4.79 Å². The summed E-state index contributed by atoms with van der Waals surface area (Å²) in [7, 11) is 0. The third kappa shape index (κ3) is 5.89. The number of amidine groups is 1. The van der Waals surface area contributed by atoms with Crippen molar-refractivity contribution in [3.8, 4) is 5.75 Å². The van der Waals surface area contributed by atoms with Crippen molar-refractivity contribution in [2.45, 2.75) is 32.7 Å². The van der Waals surface area contributed by atoms with E-state index in [2.05, 4.69) is 5.32 Å². The summed E-state index contributed by atoms with van der Waals surface area (Å²) in [5.74, 6) is -0.195. The molecule has 2 rings (SSSR count). The lowest BCUT2D eigenvalue weighted by Crippen LogP contribution is -2.21. The lowest BCUT2D eigenvalue weighted by Gasteiger charge is -2.19. The molecule has 0 aliphatic heterocycles. The highest BCUT2D eigenvalue weighted by Crippen LogP contribution is 2.27. The van der Waals surface area contributed by atoms with E-state index in [4.69, 9.17) is 15.9 Å². The van der Waals surface area contributed by atoms with Gasteiger partial charge in [0, 0.05) is 11.3 Å². The summed E-state index contributed by atoms with van der Waals surface area (Å²) in [5.41, 5.74) is 8.32. The van der Waals surface area contributed by atoms with Gasteiger partial charge in [-0.3, -0.25) is 5.41 Å². The van der Waals surface area contributed by atoms with Crippen molar-refractivity contribution in [1.29, 1.82) is 5.41 Å². The van der Waals surface area contributed by atoms with E-state index in [1.165, 1.54) is 0 Å². The number of ether oxygens (including phenoxy) is 1. The van der Waals surface area contributed by atoms with Gasteiger partial charge in [-0.1, -0.05) is 19.9 Å². The van der Waals surface area contributed by atoms with Crippen LogP contribution in [-0.4, -0.2) is 23.5 Å². The number of halogens is 1. The first-order chi connectivity index (χ1) is 12.5. The Balaban J connectivity index is 0.00000364. The van der Waals surface area contributed by atoms with Gasteiger partial charge in [0.2, 0.25) is 0 Å². The fraction of sp³-hybridized carbons (Fsp3) is 0.300. The zero-order chi connectivity index (χ0) is 19.1. The van der Waals surface area contributed by atoms with Crippen LogP contribution in [0.1, 0.15) is 43.0 Å². The van der Waals surface area contributed by atoms with Crippen LogP contribution in [0.5, 0.6) is 5.75 Å². The number of hydrogen-bond acceptors (Lipinski definition) is 4. The van der Waals surface area contributed by atoms with Crippen molar-refractivity contribution >= 4 is 29.9 Å². The minimum Gasteiger partial charge on any atom is -0.493 e. The molecule has 0 amide bonds. The number of carboxylic acid groups (broad SMARTS) is 1. The van der Waals surface area contributed by atoms with Crippen molar-refractivity contribution in [2.24, 2.45) is 5.73 Å². The van der Waals surface area contributed by atoms with Gasteiger partial charge in [-0.2, -0.15) is 0 Å². The largest absolute Gasteiger partial charge is 0.493 e. The van der Waals surface area contributed by atoms with Crippen LogP contribution in [-0.2, 0) is 11.2 Å². The van der Waals surface area contributed by atoms with Crippen LogP contribution in [0.15, 0.2) is 42.5 Å².